The predicted molar refractivity (Wildman–Crippen MR) is 94.4 cm³/mol. The molecule has 3 aromatic rings. The fraction of sp³-hybridized carbons (Fsp3) is 0.200. The Kier molecular flexibility index (Phi) is 5.45. The molecule has 140 valence electrons. The number of carbonyl (C=O) groups is 2. The molecule has 0 radical (unpaired) electrons. The van der Waals surface area contributed by atoms with Crippen LogP contribution >= 0.6 is 11.8 Å². The maximum atomic E-state index is 13.1. The van der Waals surface area contributed by atoms with E-state index in [0.717, 1.165) is 11.8 Å². The van der Waals surface area contributed by atoms with Gasteiger partial charge in [-0.2, -0.15) is 0 Å². The van der Waals surface area contributed by atoms with Gasteiger partial charge in [-0.3, -0.25) is 9.59 Å². The Labute approximate surface area is 156 Å². The minimum atomic E-state index is -0.436. The molecule has 0 unspecified atom stereocenters. The first-order chi connectivity index (χ1) is 12.9. The van der Waals surface area contributed by atoms with Gasteiger partial charge < -0.3 is 15.2 Å². The van der Waals surface area contributed by atoms with Gasteiger partial charge in [-0.25, -0.2) is 9.02 Å². The third-order valence-corrected chi connectivity index (χ3v) is 4.29. The Hall–Kier alpha value is -3.28. The fourth-order valence-corrected chi connectivity index (χ4v) is 2.84. The normalized spacial score (nSPS) is 10.6. The minimum Gasteiger partial charge on any atom is -0.325 e. The zero-order valence-electron chi connectivity index (χ0n) is 14.3. The first-order valence-electron chi connectivity index (χ1n) is 7.62. The molecule has 2 heterocycles. The molecule has 0 bridgehead atoms. The monoisotopic (exact) mass is 391 g/mol. The third kappa shape index (κ3) is 4.47. The number of benzene rings is 1. The van der Waals surface area contributed by atoms with Gasteiger partial charge >= 0.3 is 0 Å². The number of aromatic nitrogens is 5. The zero-order valence-corrected chi connectivity index (χ0v) is 15.1. The quantitative estimate of drug-likeness (QED) is 0.608. The van der Waals surface area contributed by atoms with Crippen LogP contribution in [0.25, 0.3) is 11.5 Å². The van der Waals surface area contributed by atoms with E-state index in [-0.39, 0.29) is 29.1 Å². The summed E-state index contributed by atoms with van der Waals surface area (Å²) in [6, 6.07) is 5.61. The van der Waals surface area contributed by atoms with Gasteiger partial charge in [0.05, 0.1) is 5.75 Å². The zero-order chi connectivity index (χ0) is 19.4. The summed E-state index contributed by atoms with van der Waals surface area (Å²) >= 11 is 1.13. The molecule has 0 saturated carbocycles. The van der Waals surface area contributed by atoms with Crippen molar-refractivity contribution < 1.29 is 18.6 Å². The highest BCUT2D eigenvalue weighted by Crippen LogP contribution is 2.26. The maximum absolute atomic E-state index is 13.1. The number of amides is 2. The van der Waals surface area contributed by atoms with Crippen molar-refractivity contribution in [3.8, 4) is 11.5 Å². The van der Waals surface area contributed by atoms with Crippen molar-refractivity contribution in [1.82, 2.24) is 25.1 Å². The summed E-state index contributed by atoms with van der Waals surface area (Å²) in [6.45, 7) is 1.33. The van der Waals surface area contributed by atoms with Gasteiger partial charge in [-0.15, -0.1) is 10.2 Å². The number of hydrogen-bond donors (Lipinski definition) is 2. The molecule has 0 spiro atoms. The number of carbonyl (C=O) groups excluding carboxylic acids is 2. The van der Waals surface area contributed by atoms with Crippen LogP contribution in [0.4, 0.5) is 15.9 Å². The number of anilines is 2. The second-order valence-corrected chi connectivity index (χ2v) is 6.30. The van der Waals surface area contributed by atoms with Crippen LogP contribution in [0.2, 0.25) is 0 Å². The lowest BCUT2D eigenvalue weighted by molar-refractivity contribution is -0.114. The molecule has 0 aliphatic carbocycles. The largest absolute Gasteiger partial charge is 0.325 e. The van der Waals surface area contributed by atoms with Gasteiger partial charge in [0.15, 0.2) is 16.7 Å². The smallest absolute Gasteiger partial charge is 0.234 e. The number of halogens is 1. The van der Waals surface area contributed by atoms with Crippen molar-refractivity contribution in [3.63, 3.8) is 0 Å². The van der Waals surface area contributed by atoms with E-state index < -0.39 is 5.82 Å². The minimum absolute atomic E-state index is 0.0398. The van der Waals surface area contributed by atoms with Crippen LogP contribution in [0.15, 0.2) is 34.1 Å². The van der Waals surface area contributed by atoms with Crippen molar-refractivity contribution in [2.75, 3.05) is 16.4 Å². The fourth-order valence-electron chi connectivity index (χ4n) is 2.12. The molecule has 0 aliphatic rings. The van der Waals surface area contributed by atoms with E-state index in [1.807, 2.05) is 0 Å². The van der Waals surface area contributed by atoms with Crippen LogP contribution in [0.1, 0.15) is 6.92 Å². The lowest BCUT2D eigenvalue weighted by Gasteiger charge is -2.05. The summed E-state index contributed by atoms with van der Waals surface area (Å²) in [7, 11) is 1.67. The number of rotatable bonds is 6. The number of thioether (sulfide) groups is 1. The Morgan fingerprint density at radius 3 is 2.81 bits per heavy atom. The standard InChI is InChI=1S/C15H14FN7O3S/c1-8(24)17-13-12(21-26-22-13)14-19-20-15(23(14)2)27-7-11(25)18-10-5-3-4-9(16)6-10/h3-6H,7H2,1-2H3,(H,18,25)(H,17,22,24). The third-order valence-electron chi connectivity index (χ3n) is 3.27. The van der Waals surface area contributed by atoms with Crippen molar-refractivity contribution >= 4 is 35.1 Å². The van der Waals surface area contributed by atoms with E-state index in [1.54, 1.807) is 17.7 Å². The molecule has 0 fully saturated rings. The molecule has 0 aliphatic heterocycles. The van der Waals surface area contributed by atoms with E-state index in [0.29, 0.717) is 16.7 Å². The van der Waals surface area contributed by atoms with E-state index in [2.05, 4.69) is 35.8 Å². The first-order valence-corrected chi connectivity index (χ1v) is 8.60. The highest BCUT2D eigenvalue weighted by molar-refractivity contribution is 7.99. The highest BCUT2D eigenvalue weighted by atomic mass is 32.2. The van der Waals surface area contributed by atoms with E-state index in [1.165, 1.54) is 25.1 Å². The highest BCUT2D eigenvalue weighted by Gasteiger charge is 2.21. The molecular formula is C15H14FN7O3S. The summed E-state index contributed by atoms with van der Waals surface area (Å²) < 4.78 is 19.4. The topological polar surface area (TPSA) is 128 Å². The number of nitrogens with zero attached hydrogens (tertiary/aromatic N) is 5. The van der Waals surface area contributed by atoms with Gasteiger partial charge in [-0.05, 0) is 28.5 Å². The van der Waals surface area contributed by atoms with Crippen LogP contribution in [-0.4, -0.2) is 42.6 Å². The Balaban J connectivity index is 1.66. The summed E-state index contributed by atoms with van der Waals surface area (Å²) in [6.07, 6.45) is 0. The predicted octanol–water partition coefficient (Wildman–Crippen LogP) is 1.69. The first kappa shape index (κ1) is 18.5. The van der Waals surface area contributed by atoms with Gasteiger partial charge in [0.1, 0.15) is 5.82 Å². The second kappa shape index (κ2) is 7.95. The van der Waals surface area contributed by atoms with Gasteiger partial charge in [0.25, 0.3) is 0 Å². The average Bonchev–Trinajstić information content (AvgIpc) is 3.19. The summed E-state index contributed by atoms with van der Waals surface area (Å²) in [4.78, 5) is 23.2. The molecule has 3 rings (SSSR count). The van der Waals surface area contributed by atoms with Gasteiger partial charge in [0.2, 0.25) is 17.6 Å². The van der Waals surface area contributed by atoms with Crippen molar-refractivity contribution in [2.24, 2.45) is 7.05 Å². The van der Waals surface area contributed by atoms with E-state index in [4.69, 9.17) is 0 Å². The summed E-state index contributed by atoms with van der Waals surface area (Å²) in [5, 5.41) is 20.8. The summed E-state index contributed by atoms with van der Waals surface area (Å²) in [5.41, 5.74) is 0.587. The lowest BCUT2D eigenvalue weighted by atomic mass is 10.3. The van der Waals surface area contributed by atoms with Gasteiger partial charge in [-0.1, -0.05) is 17.8 Å². The van der Waals surface area contributed by atoms with Crippen molar-refractivity contribution in [3.05, 3.63) is 30.1 Å². The molecule has 2 amide bonds. The van der Waals surface area contributed by atoms with Crippen molar-refractivity contribution in [2.45, 2.75) is 12.1 Å². The Bertz CT molecular complexity index is 987. The SMILES string of the molecule is CC(=O)Nc1nonc1-c1nnc(SCC(=O)Nc2cccc(F)c2)n1C. The van der Waals surface area contributed by atoms with E-state index in [9.17, 15) is 14.0 Å². The molecule has 12 heteroatoms. The number of hydrogen-bond acceptors (Lipinski definition) is 8. The lowest BCUT2D eigenvalue weighted by Crippen LogP contribution is -2.14. The molecule has 1 aromatic carbocycles. The van der Waals surface area contributed by atoms with Crippen LogP contribution in [0, 0.1) is 5.82 Å². The molecule has 0 atom stereocenters. The van der Waals surface area contributed by atoms with Crippen LogP contribution in [0.5, 0.6) is 0 Å². The summed E-state index contributed by atoms with van der Waals surface area (Å²) in [5.74, 6) is -0.617. The molecular weight excluding hydrogens is 377 g/mol. The van der Waals surface area contributed by atoms with Gasteiger partial charge in [0, 0.05) is 19.7 Å². The van der Waals surface area contributed by atoms with Crippen LogP contribution < -0.4 is 10.6 Å². The molecule has 0 saturated heterocycles. The van der Waals surface area contributed by atoms with Crippen LogP contribution in [0.3, 0.4) is 0 Å². The number of nitrogens with one attached hydrogen (secondary N) is 2. The van der Waals surface area contributed by atoms with Crippen molar-refractivity contribution in [1.29, 1.82) is 0 Å². The van der Waals surface area contributed by atoms with Crippen LogP contribution in [-0.2, 0) is 16.6 Å². The molecule has 10 nitrogen and oxygen atoms in total. The average molecular weight is 391 g/mol. The molecule has 27 heavy (non-hydrogen) atoms. The maximum Gasteiger partial charge on any atom is 0.234 e. The molecule has 2 aromatic heterocycles. The molecule has 2 N–H and O–H groups in total. The second-order valence-electron chi connectivity index (χ2n) is 5.36. The van der Waals surface area contributed by atoms with E-state index >= 15 is 0 Å². The Morgan fingerprint density at radius 1 is 1.26 bits per heavy atom. The Morgan fingerprint density at radius 2 is 2.07 bits per heavy atom.